The second-order valence-corrected chi connectivity index (χ2v) is 7.85. The maximum Gasteiger partial charge on any atom is 0.490 e. The topological polar surface area (TPSA) is 200 Å². The van der Waals surface area contributed by atoms with Gasteiger partial charge in [0.15, 0.2) is 0 Å². The van der Waals surface area contributed by atoms with Crippen molar-refractivity contribution in [3.05, 3.63) is 0 Å². The van der Waals surface area contributed by atoms with Crippen LogP contribution in [0.1, 0.15) is 13.3 Å². The van der Waals surface area contributed by atoms with Crippen LogP contribution in [0.4, 0.5) is 0 Å². The summed E-state index contributed by atoms with van der Waals surface area (Å²) in [4.78, 5) is 34.3. The fourth-order valence-corrected chi connectivity index (χ4v) is 3.89. The fourth-order valence-electron chi connectivity index (χ4n) is 0.857. The molecule has 0 aromatic rings. The Balaban J connectivity index is 4.56. The highest BCUT2D eigenvalue weighted by molar-refractivity contribution is 7.66. The molecule has 20 heavy (non-hydrogen) atoms. The van der Waals surface area contributed by atoms with Crippen LogP contribution >= 0.6 is 23.5 Å². The molecule has 3 unspecified atom stereocenters. The Labute approximate surface area is 113 Å². The average molecular weight is 360 g/mol. The molecule has 0 fully saturated rings. The first-order chi connectivity index (χ1) is 8.78. The third-order valence-corrected chi connectivity index (χ3v) is 5.49. The Morgan fingerprint density at radius 3 is 1.80 bits per heavy atom. The van der Waals surface area contributed by atoms with Gasteiger partial charge < -0.3 is 29.8 Å². The summed E-state index contributed by atoms with van der Waals surface area (Å²) in [5, 5.41) is 18.4. The van der Waals surface area contributed by atoms with Crippen molar-refractivity contribution < 1.29 is 56.6 Å². The Bertz CT molecular complexity index is 442. The number of hydrogen-bond donors (Lipinski definition) is 6. The van der Waals surface area contributed by atoms with Crippen molar-refractivity contribution in [2.24, 2.45) is 0 Å². The molecular weight excluding hydrogens is 345 g/mol. The van der Waals surface area contributed by atoms with E-state index >= 15 is 0 Å². The maximum absolute atomic E-state index is 11.2. The van der Waals surface area contributed by atoms with Gasteiger partial charge in [-0.3, -0.25) is 4.52 Å². The molecule has 0 saturated heterocycles. The molecule has 0 amide bonds. The summed E-state index contributed by atoms with van der Waals surface area (Å²) in [6, 6.07) is 0. The minimum atomic E-state index is -5.57. The third kappa shape index (κ3) is 9.30. The molecule has 4 atom stereocenters. The summed E-state index contributed by atoms with van der Waals surface area (Å²) in [5.41, 5.74) is 0. The summed E-state index contributed by atoms with van der Waals surface area (Å²) < 4.78 is 43.4. The van der Waals surface area contributed by atoms with Gasteiger partial charge >= 0.3 is 23.5 Å². The van der Waals surface area contributed by atoms with Crippen LogP contribution in [0, 0.1) is 0 Å². The summed E-state index contributed by atoms with van der Waals surface area (Å²) >= 11 is 0. The minimum absolute atomic E-state index is 0.0981. The maximum atomic E-state index is 11.2. The van der Waals surface area contributed by atoms with Gasteiger partial charge in [-0.05, 0) is 6.42 Å². The van der Waals surface area contributed by atoms with E-state index in [9.17, 15) is 18.8 Å². The molecule has 15 heteroatoms. The number of phosphoric ester groups is 1. The quantitative estimate of drug-likeness (QED) is 0.287. The first kappa shape index (κ1) is 20.3. The zero-order valence-electron chi connectivity index (χ0n) is 10.0. The molecule has 0 aromatic heterocycles. The van der Waals surface area contributed by atoms with E-state index < -0.39 is 42.3 Å². The molecule has 0 aromatic carbocycles. The molecule has 6 N–H and O–H groups in total. The molecule has 0 saturated carbocycles. The lowest BCUT2D eigenvalue weighted by atomic mass is 10.2. The van der Waals surface area contributed by atoms with Gasteiger partial charge in [0, 0.05) is 0 Å². The van der Waals surface area contributed by atoms with Crippen LogP contribution in [0.3, 0.4) is 0 Å². The molecule has 0 aliphatic rings. The molecule has 0 aliphatic heterocycles. The predicted octanol–water partition coefficient (Wildman–Crippen LogP) is -0.539. The van der Waals surface area contributed by atoms with E-state index in [4.69, 9.17) is 24.7 Å². The van der Waals surface area contributed by atoms with E-state index in [1.807, 2.05) is 0 Å². The van der Waals surface area contributed by atoms with Crippen molar-refractivity contribution in [3.8, 4) is 0 Å². The Kier molecular flexibility index (Phi) is 7.67. The second-order valence-electron chi connectivity index (χ2n) is 3.43. The molecule has 0 radical (unpaired) electrons. The molecule has 0 heterocycles. The van der Waals surface area contributed by atoms with Crippen molar-refractivity contribution in [3.63, 3.8) is 0 Å². The normalized spacial score (nSPS) is 21.8. The minimum Gasteiger partial charge on any atom is -0.390 e. The fraction of sp³-hybridized carbons (Fsp3) is 1.00. The Morgan fingerprint density at radius 1 is 0.900 bits per heavy atom. The lowest BCUT2D eigenvalue weighted by Gasteiger charge is -2.19. The number of phosphoric acid groups is 3. The number of aliphatic hydroxyl groups is 2. The second kappa shape index (κ2) is 7.55. The van der Waals surface area contributed by atoms with Crippen LogP contribution in [0.15, 0.2) is 0 Å². The highest BCUT2D eigenvalue weighted by Gasteiger charge is 2.41. The van der Waals surface area contributed by atoms with Gasteiger partial charge in [-0.2, -0.15) is 8.62 Å². The number of aliphatic hydroxyl groups excluding tert-OH is 2. The molecule has 122 valence electrons. The molecular formula is C5H15O12P3. The molecule has 0 spiro atoms. The standard InChI is InChI=1S/C5H15O12P3/c1-2-4(6)5(7)3-15-19(11,12)17-20(13,14)16-18(8,9)10/h4-7H,2-3H2,1H3,(H,11,12)(H,13,14)(H2,8,9,10)/t4?,5-/m1/s1. The smallest absolute Gasteiger partial charge is 0.390 e. The van der Waals surface area contributed by atoms with Gasteiger partial charge in [0.05, 0.1) is 12.7 Å². The van der Waals surface area contributed by atoms with Crippen LogP contribution in [0.2, 0.25) is 0 Å². The van der Waals surface area contributed by atoms with Gasteiger partial charge in [0.25, 0.3) is 0 Å². The zero-order chi connectivity index (χ0) is 16.2. The van der Waals surface area contributed by atoms with E-state index in [2.05, 4.69) is 13.1 Å². The SMILES string of the molecule is CCC(O)[C@H](O)COP(=O)(O)OP(=O)(O)OP(=O)(O)O. The monoisotopic (exact) mass is 360 g/mol. The van der Waals surface area contributed by atoms with Crippen molar-refractivity contribution in [1.29, 1.82) is 0 Å². The lowest BCUT2D eigenvalue weighted by Crippen LogP contribution is -2.29. The Morgan fingerprint density at radius 2 is 1.40 bits per heavy atom. The lowest BCUT2D eigenvalue weighted by molar-refractivity contribution is -0.0148. The highest BCUT2D eigenvalue weighted by atomic mass is 31.3. The predicted molar refractivity (Wildman–Crippen MR) is 62.1 cm³/mol. The number of rotatable bonds is 9. The van der Waals surface area contributed by atoms with Gasteiger partial charge in [-0.15, -0.1) is 0 Å². The largest absolute Gasteiger partial charge is 0.490 e. The molecule has 0 rings (SSSR count). The van der Waals surface area contributed by atoms with Crippen molar-refractivity contribution in [2.75, 3.05) is 6.61 Å². The number of hydrogen-bond acceptors (Lipinski definition) is 8. The molecule has 0 bridgehead atoms. The summed E-state index contributed by atoms with van der Waals surface area (Å²) in [5.74, 6) is 0. The van der Waals surface area contributed by atoms with E-state index in [0.717, 1.165) is 0 Å². The van der Waals surface area contributed by atoms with Gasteiger partial charge in [-0.25, -0.2) is 13.7 Å². The van der Waals surface area contributed by atoms with Crippen LogP contribution in [0.25, 0.3) is 0 Å². The molecule has 0 aliphatic carbocycles. The first-order valence-corrected chi connectivity index (χ1v) is 9.44. The van der Waals surface area contributed by atoms with Crippen LogP contribution < -0.4 is 0 Å². The van der Waals surface area contributed by atoms with Crippen molar-refractivity contribution in [1.82, 2.24) is 0 Å². The molecule has 12 nitrogen and oxygen atoms in total. The third-order valence-electron chi connectivity index (χ3n) is 1.69. The van der Waals surface area contributed by atoms with E-state index in [1.165, 1.54) is 6.92 Å². The summed E-state index contributed by atoms with van der Waals surface area (Å²) in [7, 11) is -16.3. The zero-order valence-corrected chi connectivity index (χ0v) is 12.7. The van der Waals surface area contributed by atoms with Crippen molar-refractivity contribution in [2.45, 2.75) is 25.6 Å². The van der Waals surface area contributed by atoms with Crippen LogP contribution in [0.5, 0.6) is 0 Å². The van der Waals surface area contributed by atoms with Gasteiger partial charge in [0.1, 0.15) is 6.10 Å². The van der Waals surface area contributed by atoms with E-state index in [-0.39, 0.29) is 6.42 Å². The summed E-state index contributed by atoms with van der Waals surface area (Å²) in [6.45, 7) is 0.567. The van der Waals surface area contributed by atoms with Crippen LogP contribution in [-0.4, -0.2) is 48.6 Å². The van der Waals surface area contributed by atoms with Crippen LogP contribution in [-0.2, 0) is 26.8 Å². The van der Waals surface area contributed by atoms with Crippen molar-refractivity contribution >= 4 is 23.5 Å². The highest BCUT2D eigenvalue weighted by Crippen LogP contribution is 2.66. The van der Waals surface area contributed by atoms with E-state index in [0.29, 0.717) is 0 Å². The Hall–Kier alpha value is 0.330. The summed E-state index contributed by atoms with van der Waals surface area (Å²) in [6.07, 6.45) is -2.76. The first-order valence-electron chi connectivity index (χ1n) is 4.92. The van der Waals surface area contributed by atoms with Gasteiger partial charge in [0.2, 0.25) is 0 Å². The van der Waals surface area contributed by atoms with E-state index in [1.54, 1.807) is 0 Å². The van der Waals surface area contributed by atoms with Gasteiger partial charge in [-0.1, -0.05) is 6.92 Å². The average Bonchev–Trinajstić information content (AvgIpc) is 2.19.